The van der Waals surface area contributed by atoms with Gasteiger partial charge in [0.15, 0.2) is 0 Å². The molecule has 7 heteroatoms. The molecule has 2 aromatic heterocycles. The number of carbonyl (C=O) groups is 1. The van der Waals surface area contributed by atoms with Crippen molar-refractivity contribution < 1.29 is 9.32 Å². The lowest BCUT2D eigenvalue weighted by molar-refractivity contribution is -0.126. The molecule has 1 amide bonds. The Kier molecular flexibility index (Phi) is 3.25. The van der Waals surface area contributed by atoms with E-state index in [-0.39, 0.29) is 11.8 Å². The molecule has 0 saturated heterocycles. The third-order valence-electron chi connectivity index (χ3n) is 3.80. The molecule has 0 aliphatic carbocycles. The molecule has 7 nitrogen and oxygen atoms in total. The Bertz CT molecular complexity index is 611. The zero-order valence-electron chi connectivity index (χ0n) is 11.6. The smallest absolute Gasteiger partial charge is 0.225 e. The first kappa shape index (κ1) is 12.8. The third kappa shape index (κ3) is 2.31. The molecule has 3 rings (SSSR count). The summed E-state index contributed by atoms with van der Waals surface area (Å²) in [5, 5.41) is 11.0. The number of aryl methyl sites for hydroxylation is 3. The molecule has 1 aliphatic rings. The predicted molar refractivity (Wildman–Crippen MR) is 69.7 cm³/mol. The summed E-state index contributed by atoms with van der Waals surface area (Å²) in [4.78, 5) is 16.4. The molecule has 0 saturated carbocycles. The predicted octanol–water partition coefficient (Wildman–Crippen LogP) is 0.762. The van der Waals surface area contributed by atoms with Crippen LogP contribution in [0.15, 0.2) is 10.9 Å². The summed E-state index contributed by atoms with van der Waals surface area (Å²) < 4.78 is 6.89. The number of fused-ring (bicyclic) bond motifs is 1. The molecule has 2 aromatic rings. The van der Waals surface area contributed by atoms with Crippen molar-refractivity contribution in [3.8, 4) is 0 Å². The molecule has 1 N–H and O–H groups in total. The summed E-state index contributed by atoms with van der Waals surface area (Å²) in [6.45, 7) is 4.79. The van der Waals surface area contributed by atoms with E-state index in [0.29, 0.717) is 13.1 Å². The summed E-state index contributed by atoms with van der Waals surface area (Å²) in [7, 11) is 0. The van der Waals surface area contributed by atoms with Gasteiger partial charge in [-0.2, -0.15) is 5.10 Å². The number of hydrogen-bond donors (Lipinski definition) is 1. The Labute approximate surface area is 116 Å². The first-order chi connectivity index (χ1) is 9.65. The van der Waals surface area contributed by atoms with Crippen molar-refractivity contribution in [2.24, 2.45) is 5.92 Å². The number of nitrogens with one attached hydrogen (secondary N) is 1. The molecular weight excluding hydrogens is 258 g/mol. The van der Waals surface area contributed by atoms with Crippen LogP contribution >= 0.6 is 0 Å². The molecule has 0 radical (unpaired) electrons. The maximum absolute atomic E-state index is 12.2. The first-order valence-corrected chi connectivity index (χ1v) is 6.71. The van der Waals surface area contributed by atoms with Crippen molar-refractivity contribution in [3.63, 3.8) is 0 Å². The lowest BCUT2D eigenvalue weighted by atomic mass is 9.99. The Hall–Kier alpha value is -2.18. The van der Waals surface area contributed by atoms with Gasteiger partial charge in [0.2, 0.25) is 5.91 Å². The Morgan fingerprint density at radius 3 is 3.15 bits per heavy atom. The monoisotopic (exact) mass is 275 g/mol. The summed E-state index contributed by atoms with van der Waals surface area (Å²) in [5.74, 6) is 1.71. The first-order valence-electron chi connectivity index (χ1n) is 6.71. The molecular formula is C13H17N5O2. The van der Waals surface area contributed by atoms with Crippen LogP contribution in [-0.4, -0.2) is 25.8 Å². The second-order valence-electron chi connectivity index (χ2n) is 5.11. The molecule has 0 spiro atoms. The van der Waals surface area contributed by atoms with Crippen LogP contribution in [-0.2, 0) is 24.3 Å². The molecule has 106 valence electrons. The minimum absolute atomic E-state index is 0.0474. The van der Waals surface area contributed by atoms with Gasteiger partial charge in [-0.3, -0.25) is 4.79 Å². The van der Waals surface area contributed by atoms with Gasteiger partial charge in [-0.05, 0) is 20.3 Å². The SMILES string of the molecule is Cc1noc(C)c1CNC(=O)C1CCc2ncnn2C1. The van der Waals surface area contributed by atoms with Crippen LogP contribution in [0.3, 0.4) is 0 Å². The van der Waals surface area contributed by atoms with Gasteiger partial charge in [0.25, 0.3) is 0 Å². The molecule has 1 aliphatic heterocycles. The summed E-state index contributed by atoms with van der Waals surface area (Å²) >= 11 is 0. The molecule has 1 unspecified atom stereocenters. The van der Waals surface area contributed by atoms with E-state index in [9.17, 15) is 4.79 Å². The minimum Gasteiger partial charge on any atom is -0.361 e. The zero-order valence-corrected chi connectivity index (χ0v) is 11.6. The summed E-state index contributed by atoms with van der Waals surface area (Å²) in [6, 6.07) is 0. The lowest BCUT2D eigenvalue weighted by Crippen LogP contribution is -2.36. The molecule has 0 aromatic carbocycles. The second-order valence-corrected chi connectivity index (χ2v) is 5.11. The number of amides is 1. The van der Waals surface area contributed by atoms with Gasteiger partial charge in [-0.1, -0.05) is 5.16 Å². The molecule has 3 heterocycles. The van der Waals surface area contributed by atoms with Gasteiger partial charge in [-0.15, -0.1) is 0 Å². The average molecular weight is 275 g/mol. The quantitative estimate of drug-likeness (QED) is 0.893. The molecule has 20 heavy (non-hydrogen) atoms. The van der Waals surface area contributed by atoms with E-state index < -0.39 is 0 Å². The number of hydrogen-bond acceptors (Lipinski definition) is 5. The van der Waals surface area contributed by atoms with Crippen molar-refractivity contribution in [1.82, 2.24) is 25.2 Å². The van der Waals surface area contributed by atoms with Crippen molar-refractivity contribution >= 4 is 5.91 Å². The van der Waals surface area contributed by atoms with E-state index in [1.54, 1.807) is 6.33 Å². The van der Waals surface area contributed by atoms with E-state index in [0.717, 1.165) is 35.7 Å². The maximum Gasteiger partial charge on any atom is 0.225 e. The Balaban J connectivity index is 1.61. The average Bonchev–Trinajstić information content (AvgIpc) is 3.03. The normalized spacial score (nSPS) is 17.8. The van der Waals surface area contributed by atoms with Gasteiger partial charge in [-0.25, -0.2) is 9.67 Å². The van der Waals surface area contributed by atoms with Gasteiger partial charge < -0.3 is 9.84 Å². The van der Waals surface area contributed by atoms with E-state index >= 15 is 0 Å². The number of carbonyl (C=O) groups excluding carboxylic acids is 1. The highest BCUT2D eigenvalue weighted by molar-refractivity contribution is 5.78. The highest BCUT2D eigenvalue weighted by Crippen LogP contribution is 2.18. The summed E-state index contributed by atoms with van der Waals surface area (Å²) in [5.41, 5.74) is 1.78. The highest BCUT2D eigenvalue weighted by Gasteiger charge is 2.25. The van der Waals surface area contributed by atoms with Crippen LogP contribution in [0.25, 0.3) is 0 Å². The minimum atomic E-state index is -0.0512. The van der Waals surface area contributed by atoms with Crippen LogP contribution in [0.1, 0.15) is 29.3 Å². The van der Waals surface area contributed by atoms with Crippen LogP contribution in [0.2, 0.25) is 0 Å². The van der Waals surface area contributed by atoms with Crippen LogP contribution in [0.4, 0.5) is 0 Å². The van der Waals surface area contributed by atoms with Crippen LogP contribution in [0, 0.1) is 19.8 Å². The van der Waals surface area contributed by atoms with E-state index in [2.05, 4.69) is 20.6 Å². The van der Waals surface area contributed by atoms with Gasteiger partial charge in [0, 0.05) is 18.5 Å². The van der Waals surface area contributed by atoms with Crippen molar-refractivity contribution in [2.45, 2.75) is 39.8 Å². The highest BCUT2D eigenvalue weighted by atomic mass is 16.5. The largest absolute Gasteiger partial charge is 0.361 e. The van der Waals surface area contributed by atoms with Crippen molar-refractivity contribution in [2.75, 3.05) is 0 Å². The van der Waals surface area contributed by atoms with Crippen molar-refractivity contribution in [1.29, 1.82) is 0 Å². The fraction of sp³-hybridized carbons (Fsp3) is 0.538. The maximum atomic E-state index is 12.2. The fourth-order valence-electron chi connectivity index (χ4n) is 2.53. The number of nitrogens with zero attached hydrogens (tertiary/aromatic N) is 4. The molecule has 1 atom stereocenters. The van der Waals surface area contributed by atoms with Crippen LogP contribution in [0.5, 0.6) is 0 Å². The molecule has 0 bridgehead atoms. The number of rotatable bonds is 3. The van der Waals surface area contributed by atoms with Crippen LogP contribution < -0.4 is 5.32 Å². The lowest BCUT2D eigenvalue weighted by Gasteiger charge is -2.21. The topological polar surface area (TPSA) is 85.8 Å². The van der Waals surface area contributed by atoms with E-state index in [1.165, 1.54) is 0 Å². The standard InChI is InChI=1S/C13H17N5O2/c1-8-11(9(2)20-17-8)5-14-13(19)10-3-4-12-15-7-16-18(12)6-10/h7,10H,3-6H2,1-2H3,(H,14,19). The van der Waals surface area contributed by atoms with Gasteiger partial charge in [0.05, 0.1) is 18.2 Å². The van der Waals surface area contributed by atoms with Crippen molar-refractivity contribution in [3.05, 3.63) is 29.2 Å². The Morgan fingerprint density at radius 2 is 2.40 bits per heavy atom. The zero-order chi connectivity index (χ0) is 14.1. The fourth-order valence-corrected chi connectivity index (χ4v) is 2.53. The third-order valence-corrected chi connectivity index (χ3v) is 3.80. The Morgan fingerprint density at radius 1 is 1.55 bits per heavy atom. The molecule has 0 fully saturated rings. The van der Waals surface area contributed by atoms with Gasteiger partial charge in [0.1, 0.15) is 17.9 Å². The summed E-state index contributed by atoms with van der Waals surface area (Å²) in [6.07, 6.45) is 3.15. The second kappa shape index (κ2) is 5.07. The van der Waals surface area contributed by atoms with E-state index in [1.807, 2.05) is 18.5 Å². The van der Waals surface area contributed by atoms with Gasteiger partial charge >= 0.3 is 0 Å². The van der Waals surface area contributed by atoms with E-state index in [4.69, 9.17) is 4.52 Å². The number of aromatic nitrogens is 4.